The summed E-state index contributed by atoms with van der Waals surface area (Å²) < 4.78 is 0. The molecule has 1 aromatic carbocycles. The maximum absolute atomic E-state index is 6.00. The number of piperidine rings is 1. The van der Waals surface area contributed by atoms with Crippen molar-refractivity contribution < 1.29 is 0 Å². The van der Waals surface area contributed by atoms with Crippen molar-refractivity contribution in [2.45, 2.75) is 32.7 Å². The standard InChI is InChI=1S/C15H25N3/c1-4-18-9-7-13(8-10-18)17(3)14-6-5-12(2)15(16)11-14/h5-6,11,13H,4,7-10,16H2,1-3H3. The van der Waals surface area contributed by atoms with Crippen LogP contribution in [0.1, 0.15) is 25.3 Å². The largest absolute Gasteiger partial charge is 0.398 e. The molecule has 18 heavy (non-hydrogen) atoms. The first-order valence-corrected chi connectivity index (χ1v) is 6.93. The van der Waals surface area contributed by atoms with Crippen molar-refractivity contribution >= 4 is 11.4 Å². The van der Waals surface area contributed by atoms with Crippen LogP contribution in [-0.2, 0) is 0 Å². The lowest BCUT2D eigenvalue weighted by Crippen LogP contribution is -2.43. The third-order valence-corrected chi connectivity index (χ3v) is 4.22. The predicted molar refractivity (Wildman–Crippen MR) is 79.1 cm³/mol. The van der Waals surface area contributed by atoms with Crippen molar-refractivity contribution in [2.24, 2.45) is 0 Å². The van der Waals surface area contributed by atoms with Gasteiger partial charge in [0, 0.05) is 37.6 Å². The van der Waals surface area contributed by atoms with E-state index < -0.39 is 0 Å². The molecule has 100 valence electrons. The molecule has 0 atom stereocenters. The van der Waals surface area contributed by atoms with Crippen LogP contribution in [0.5, 0.6) is 0 Å². The van der Waals surface area contributed by atoms with E-state index in [4.69, 9.17) is 5.73 Å². The first kappa shape index (κ1) is 13.2. The molecule has 2 rings (SSSR count). The van der Waals surface area contributed by atoms with Crippen molar-refractivity contribution in [3.8, 4) is 0 Å². The fourth-order valence-electron chi connectivity index (χ4n) is 2.68. The summed E-state index contributed by atoms with van der Waals surface area (Å²) in [5, 5.41) is 0. The van der Waals surface area contributed by atoms with E-state index in [-0.39, 0.29) is 0 Å². The van der Waals surface area contributed by atoms with Crippen LogP contribution in [0.25, 0.3) is 0 Å². The van der Waals surface area contributed by atoms with E-state index in [1.54, 1.807) is 0 Å². The molecular formula is C15H25N3. The van der Waals surface area contributed by atoms with Crippen molar-refractivity contribution in [2.75, 3.05) is 37.3 Å². The number of likely N-dealkylation sites (tertiary alicyclic amines) is 1. The van der Waals surface area contributed by atoms with Gasteiger partial charge in [-0.2, -0.15) is 0 Å². The van der Waals surface area contributed by atoms with E-state index in [1.807, 2.05) is 0 Å². The van der Waals surface area contributed by atoms with Crippen molar-refractivity contribution in [3.05, 3.63) is 23.8 Å². The number of nitrogens with two attached hydrogens (primary N) is 1. The maximum Gasteiger partial charge on any atom is 0.0386 e. The third kappa shape index (κ3) is 2.78. The van der Waals surface area contributed by atoms with Gasteiger partial charge in [-0.15, -0.1) is 0 Å². The molecule has 0 saturated carbocycles. The lowest BCUT2D eigenvalue weighted by Gasteiger charge is -2.37. The number of nitrogen functional groups attached to an aromatic ring is 1. The van der Waals surface area contributed by atoms with Crippen molar-refractivity contribution in [3.63, 3.8) is 0 Å². The molecule has 0 radical (unpaired) electrons. The minimum Gasteiger partial charge on any atom is -0.398 e. The first-order chi connectivity index (χ1) is 8.61. The molecule has 1 aliphatic heterocycles. The molecule has 1 aromatic rings. The summed E-state index contributed by atoms with van der Waals surface area (Å²) in [4.78, 5) is 4.91. The van der Waals surface area contributed by atoms with Crippen LogP contribution in [-0.4, -0.2) is 37.6 Å². The van der Waals surface area contributed by atoms with Crippen LogP contribution in [0, 0.1) is 6.92 Å². The predicted octanol–water partition coefficient (Wildman–Crippen LogP) is 2.50. The summed E-state index contributed by atoms with van der Waals surface area (Å²) in [5.74, 6) is 0. The lowest BCUT2D eigenvalue weighted by molar-refractivity contribution is 0.221. The highest BCUT2D eigenvalue weighted by Crippen LogP contribution is 2.25. The van der Waals surface area contributed by atoms with Gasteiger partial charge < -0.3 is 15.5 Å². The molecule has 3 nitrogen and oxygen atoms in total. The number of aryl methyl sites for hydroxylation is 1. The molecule has 1 heterocycles. The Morgan fingerprint density at radius 1 is 1.33 bits per heavy atom. The second-order valence-corrected chi connectivity index (χ2v) is 5.32. The fourth-order valence-corrected chi connectivity index (χ4v) is 2.68. The Balaban J connectivity index is 2.03. The average molecular weight is 247 g/mol. The first-order valence-electron chi connectivity index (χ1n) is 6.93. The molecule has 0 amide bonds. The number of benzene rings is 1. The summed E-state index contributed by atoms with van der Waals surface area (Å²) in [6.45, 7) is 7.90. The number of nitrogens with zero attached hydrogens (tertiary/aromatic N) is 2. The molecule has 2 N–H and O–H groups in total. The number of hydrogen-bond donors (Lipinski definition) is 1. The molecule has 1 saturated heterocycles. The van der Waals surface area contributed by atoms with Crippen LogP contribution in [0.3, 0.4) is 0 Å². The quantitative estimate of drug-likeness (QED) is 0.833. The molecule has 1 aliphatic rings. The molecule has 0 unspecified atom stereocenters. The van der Waals surface area contributed by atoms with E-state index in [9.17, 15) is 0 Å². The fraction of sp³-hybridized carbons (Fsp3) is 0.600. The van der Waals surface area contributed by atoms with Gasteiger partial charge in [-0.25, -0.2) is 0 Å². The van der Waals surface area contributed by atoms with Gasteiger partial charge in [0.25, 0.3) is 0 Å². The summed E-state index contributed by atoms with van der Waals surface area (Å²) in [7, 11) is 2.19. The molecule has 0 aliphatic carbocycles. The molecule has 0 aromatic heterocycles. The van der Waals surface area contributed by atoms with E-state index in [2.05, 4.69) is 48.9 Å². The normalized spacial score (nSPS) is 17.9. The minimum atomic E-state index is 0.648. The number of rotatable bonds is 3. The molecular weight excluding hydrogens is 222 g/mol. The van der Waals surface area contributed by atoms with Gasteiger partial charge in [-0.05, 0) is 44.0 Å². The van der Waals surface area contributed by atoms with Gasteiger partial charge in [0.1, 0.15) is 0 Å². The zero-order valence-electron chi connectivity index (χ0n) is 11.8. The Morgan fingerprint density at radius 2 is 2.00 bits per heavy atom. The van der Waals surface area contributed by atoms with E-state index in [0.29, 0.717) is 6.04 Å². The van der Waals surface area contributed by atoms with Gasteiger partial charge in [0.05, 0.1) is 0 Å². The van der Waals surface area contributed by atoms with E-state index in [0.717, 1.165) is 11.3 Å². The van der Waals surface area contributed by atoms with Gasteiger partial charge in [0.2, 0.25) is 0 Å². The monoisotopic (exact) mass is 247 g/mol. The highest BCUT2D eigenvalue weighted by Gasteiger charge is 2.21. The highest BCUT2D eigenvalue weighted by atomic mass is 15.2. The Kier molecular flexibility index (Phi) is 4.12. The maximum atomic E-state index is 6.00. The Morgan fingerprint density at radius 3 is 2.56 bits per heavy atom. The number of hydrogen-bond acceptors (Lipinski definition) is 3. The lowest BCUT2D eigenvalue weighted by atomic mass is 10.0. The highest BCUT2D eigenvalue weighted by molar-refractivity contribution is 5.59. The third-order valence-electron chi connectivity index (χ3n) is 4.22. The summed E-state index contributed by atoms with van der Waals surface area (Å²) in [6.07, 6.45) is 2.50. The van der Waals surface area contributed by atoms with Crippen LogP contribution in [0.4, 0.5) is 11.4 Å². The molecule has 0 spiro atoms. The SMILES string of the molecule is CCN1CCC(N(C)c2ccc(C)c(N)c2)CC1. The summed E-state index contributed by atoms with van der Waals surface area (Å²) >= 11 is 0. The smallest absolute Gasteiger partial charge is 0.0386 e. The van der Waals surface area contributed by atoms with E-state index >= 15 is 0 Å². The number of anilines is 2. The second-order valence-electron chi connectivity index (χ2n) is 5.32. The minimum absolute atomic E-state index is 0.648. The van der Waals surface area contributed by atoms with Crippen LogP contribution in [0.2, 0.25) is 0 Å². The van der Waals surface area contributed by atoms with Gasteiger partial charge in [-0.1, -0.05) is 13.0 Å². The van der Waals surface area contributed by atoms with Crippen LogP contribution in [0.15, 0.2) is 18.2 Å². The van der Waals surface area contributed by atoms with Crippen LogP contribution >= 0.6 is 0 Å². The molecule has 1 fully saturated rings. The van der Waals surface area contributed by atoms with Crippen molar-refractivity contribution in [1.29, 1.82) is 0 Å². The zero-order chi connectivity index (χ0) is 13.1. The van der Waals surface area contributed by atoms with Gasteiger partial charge in [0.15, 0.2) is 0 Å². The summed E-state index contributed by atoms with van der Waals surface area (Å²) in [5.41, 5.74) is 9.29. The Bertz CT molecular complexity index is 395. The Labute approximate surface area is 111 Å². The molecule has 0 bridgehead atoms. The van der Waals surface area contributed by atoms with Gasteiger partial charge >= 0.3 is 0 Å². The summed E-state index contributed by atoms with van der Waals surface area (Å²) in [6, 6.07) is 7.04. The van der Waals surface area contributed by atoms with Crippen LogP contribution < -0.4 is 10.6 Å². The Hall–Kier alpha value is -1.22. The van der Waals surface area contributed by atoms with Crippen molar-refractivity contribution in [1.82, 2.24) is 4.90 Å². The van der Waals surface area contributed by atoms with Gasteiger partial charge in [-0.3, -0.25) is 0 Å². The zero-order valence-corrected chi connectivity index (χ0v) is 11.8. The second kappa shape index (κ2) is 5.61. The molecule has 3 heteroatoms. The topological polar surface area (TPSA) is 32.5 Å². The average Bonchev–Trinajstić information content (AvgIpc) is 2.41. The van der Waals surface area contributed by atoms with E-state index in [1.165, 1.54) is 38.2 Å².